The van der Waals surface area contributed by atoms with E-state index in [1.165, 1.54) is 32.1 Å². The van der Waals surface area contributed by atoms with Crippen molar-refractivity contribution in [2.45, 2.75) is 58.0 Å². The lowest BCUT2D eigenvalue weighted by Gasteiger charge is -2.11. The second-order valence-electron chi connectivity index (χ2n) is 5.18. The van der Waals surface area contributed by atoms with E-state index in [1.807, 2.05) is 18.2 Å². The van der Waals surface area contributed by atoms with Gasteiger partial charge in [0, 0.05) is 0 Å². The number of aliphatic hydroxyl groups is 1. The quantitative estimate of drug-likeness (QED) is 0.715. The molecule has 1 atom stereocenters. The molecule has 2 rings (SSSR count). The summed E-state index contributed by atoms with van der Waals surface area (Å²) < 4.78 is 10.6. The molecule has 106 valence electrons. The molecule has 0 saturated heterocycles. The molecule has 1 aromatic rings. The highest BCUT2D eigenvalue weighted by molar-refractivity contribution is 5.45. The Hall–Kier alpha value is -1.22. The first kappa shape index (κ1) is 14.2. The molecular weight excluding hydrogens is 240 g/mol. The third-order valence-electron chi connectivity index (χ3n) is 3.61. The van der Waals surface area contributed by atoms with Gasteiger partial charge in [-0.3, -0.25) is 0 Å². The molecule has 0 saturated carbocycles. The average molecular weight is 264 g/mol. The zero-order valence-electron chi connectivity index (χ0n) is 11.7. The number of hydrogen-bond donors (Lipinski definition) is 1. The van der Waals surface area contributed by atoms with E-state index in [0.29, 0.717) is 0 Å². The molecule has 0 radical (unpaired) electrons. The summed E-state index contributed by atoms with van der Waals surface area (Å²) in [6.45, 7) is 2.51. The zero-order chi connectivity index (χ0) is 13.5. The van der Waals surface area contributed by atoms with E-state index < -0.39 is 0 Å². The fourth-order valence-corrected chi connectivity index (χ4v) is 2.41. The number of fused-ring (bicyclic) bond motifs is 1. The fraction of sp³-hybridized carbons (Fsp3) is 0.625. The van der Waals surface area contributed by atoms with Gasteiger partial charge in [-0.15, -0.1) is 0 Å². The maximum atomic E-state index is 10.2. The second-order valence-corrected chi connectivity index (χ2v) is 5.18. The number of ether oxygens (including phenoxy) is 2. The minimum atomic E-state index is -0.388. The average Bonchev–Trinajstić information content (AvgIpc) is 2.89. The van der Waals surface area contributed by atoms with Crippen LogP contribution in [0.1, 0.15) is 63.5 Å². The summed E-state index contributed by atoms with van der Waals surface area (Å²) >= 11 is 0. The Labute approximate surface area is 115 Å². The Morgan fingerprint density at radius 1 is 1.05 bits per heavy atom. The zero-order valence-corrected chi connectivity index (χ0v) is 11.7. The minimum absolute atomic E-state index is 0.284. The molecule has 1 N–H and O–H groups in total. The van der Waals surface area contributed by atoms with Gasteiger partial charge in [0.05, 0.1) is 6.10 Å². The van der Waals surface area contributed by atoms with Gasteiger partial charge in [0.2, 0.25) is 6.79 Å². The lowest BCUT2D eigenvalue weighted by Crippen LogP contribution is -1.97. The van der Waals surface area contributed by atoms with E-state index in [2.05, 4.69) is 6.92 Å². The van der Waals surface area contributed by atoms with E-state index in [0.717, 1.165) is 29.9 Å². The van der Waals surface area contributed by atoms with Crippen LogP contribution < -0.4 is 9.47 Å². The van der Waals surface area contributed by atoms with Gasteiger partial charge in [-0.25, -0.2) is 0 Å². The molecule has 3 nitrogen and oxygen atoms in total. The summed E-state index contributed by atoms with van der Waals surface area (Å²) in [7, 11) is 0. The summed E-state index contributed by atoms with van der Waals surface area (Å²) in [5.41, 5.74) is 0.929. The van der Waals surface area contributed by atoms with Crippen LogP contribution in [0.15, 0.2) is 18.2 Å². The van der Waals surface area contributed by atoms with Gasteiger partial charge < -0.3 is 14.6 Å². The Bertz CT molecular complexity index is 390. The predicted molar refractivity (Wildman–Crippen MR) is 75.5 cm³/mol. The maximum absolute atomic E-state index is 10.2. The number of benzene rings is 1. The molecule has 1 unspecified atom stereocenters. The Balaban J connectivity index is 1.72. The largest absolute Gasteiger partial charge is 0.454 e. The van der Waals surface area contributed by atoms with Crippen molar-refractivity contribution < 1.29 is 14.6 Å². The van der Waals surface area contributed by atoms with E-state index in [1.54, 1.807) is 0 Å². The van der Waals surface area contributed by atoms with Crippen molar-refractivity contribution in [3.05, 3.63) is 23.8 Å². The maximum Gasteiger partial charge on any atom is 0.231 e. The lowest BCUT2D eigenvalue weighted by molar-refractivity contribution is 0.162. The molecular formula is C16H24O3. The molecule has 0 spiro atoms. The van der Waals surface area contributed by atoms with Crippen LogP contribution in [0.25, 0.3) is 0 Å². The van der Waals surface area contributed by atoms with E-state index in [9.17, 15) is 5.11 Å². The molecule has 1 aliphatic rings. The van der Waals surface area contributed by atoms with E-state index >= 15 is 0 Å². The van der Waals surface area contributed by atoms with Crippen molar-refractivity contribution in [3.8, 4) is 11.5 Å². The van der Waals surface area contributed by atoms with Crippen LogP contribution in [0.3, 0.4) is 0 Å². The minimum Gasteiger partial charge on any atom is -0.454 e. The highest BCUT2D eigenvalue weighted by Gasteiger charge is 2.16. The summed E-state index contributed by atoms with van der Waals surface area (Å²) in [6.07, 6.45) is 7.93. The number of hydrogen-bond acceptors (Lipinski definition) is 3. The van der Waals surface area contributed by atoms with Crippen molar-refractivity contribution in [2.24, 2.45) is 0 Å². The Kier molecular flexibility index (Phi) is 5.52. The molecule has 0 aliphatic carbocycles. The van der Waals surface area contributed by atoms with Crippen molar-refractivity contribution in [2.75, 3.05) is 6.79 Å². The van der Waals surface area contributed by atoms with E-state index in [4.69, 9.17) is 9.47 Å². The molecule has 3 heteroatoms. The van der Waals surface area contributed by atoms with Crippen molar-refractivity contribution in [1.82, 2.24) is 0 Å². The first-order valence-corrected chi connectivity index (χ1v) is 7.39. The first-order valence-electron chi connectivity index (χ1n) is 7.39. The molecule has 0 aromatic heterocycles. The number of aliphatic hydroxyl groups excluding tert-OH is 1. The highest BCUT2D eigenvalue weighted by atomic mass is 16.7. The van der Waals surface area contributed by atoms with Gasteiger partial charge >= 0.3 is 0 Å². The molecule has 1 heterocycles. The van der Waals surface area contributed by atoms with Gasteiger partial charge in [0.25, 0.3) is 0 Å². The van der Waals surface area contributed by atoms with Crippen molar-refractivity contribution >= 4 is 0 Å². The van der Waals surface area contributed by atoms with Gasteiger partial charge in [-0.2, -0.15) is 0 Å². The fourth-order valence-electron chi connectivity index (χ4n) is 2.41. The normalized spacial score (nSPS) is 14.6. The van der Waals surface area contributed by atoms with Crippen LogP contribution in [0.4, 0.5) is 0 Å². The van der Waals surface area contributed by atoms with Crippen LogP contribution in [0.5, 0.6) is 11.5 Å². The van der Waals surface area contributed by atoms with Crippen LogP contribution in [-0.4, -0.2) is 11.9 Å². The summed E-state index contributed by atoms with van der Waals surface area (Å²) in [5, 5.41) is 10.2. The van der Waals surface area contributed by atoms with Gasteiger partial charge in [0.15, 0.2) is 11.5 Å². The number of unbranched alkanes of at least 4 members (excludes halogenated alkanes) is 5. The van der Waals surface area contributed by atoms with Crippen LogP contribution in [-0.2, 0) is 0 Å². The lowest BCUT2D eigenvalue weighted by atomic mass is 10.0. The third kappa shape index (κ3) is 4.13. The van der Waals surface area contributed by atoms with Crippen LogP contribution in [0.2, 0.25) is 0 Å². The summed E-state index contributed by atoms with van der Waals surface area (Å²) in [6, 6.07) is 5.70. The highest BCUT2D eigenvalue weighted by Crippen LogP contribution is 2.35. The standard InChI is InChI=1S/C16H24O3/c1-2-3-4-5-6-7-8-14(17)13-9-10-15-16(11-13)19-12-18-15/h9-11,14,17H,2-8,12H2,1H3. The summed E-state index contributed by atoms with van der Waals surface area (Å²) in [4.78, 5) is 0. The molecule has 0 bridgehead atoms. The predicted octanol–water partition coefficient (Wildman–Crippen LogP) is 4.20. The second kappa shape index (κ2) is 7.39. The molecule has 1 aromatic carbocycles. The van der Waals surface area contributed by atoms with Crippen LogP contribution >= 0.6 is 0 Å². The Morgan fingerprint density at radius 3 is 2.63 bits per heavy atom. The van der Waals surface area contributed by atoms with Crippen molar-refractivity contribution in [3.63, 3.8) is 0 Å². The smallest absolute Gasteiger partial charge is 0.231 e. The van der Waals surface area contributed by atoms with Gasteiger partial charge in [-0.05, 0) is 24.1 Å². The first-order chi connectivity index (χ1) is 9.31. The molecule has 0 fully saturated rings. The van der Waals surface area contributed by atoms with Gasteiger partial charge in [-0.1, -0.05) is 51.5 Å². The summed E-state index contributed by atoms with van der Waals surface area (Å²) in [5.74, 6) is 1.52. The topological polar surface area (TPSA) is 38.7 Å². The monoisotopic (exact) mass is 264 g/mol. The SMILES string of the molecule is CCCCCCCCC(O)c1ccc2c(c1)OCO2. The van der Waals surface area contributed by atoms with Crippen LogP contribution in [0, 0.1) is 0 Å². The molecule has 19 heavy (non-hydrogen) atoms. The molecule has 0 amide bonds. The van der Waals surface area contributed by atoms with E-state index in [-0.39, 0.29) is 12.9 Å². The third-order valence-corrected chi connectivity index (χ3v) is 3.61. The number of rotatable bonds is 8. The van der Waals surface area contributed by atoms with Crippen molar-refractivity contribution in [1.29, 1.82) is 0 Å². The van der Waals surface area contributed by atoms with Gasteiger partial charge in [0.1, 0.15) is 0 Å². The molecule has 1 aliphatic heterocycles. The Morgan fingerprint density at radius 2 is 1.79 bits per heavy atom.